The third-order valence-corrected chi connectivity index (χ3v) is 6.57. The highest BCUT2D eigenvalue weighted by molar-refractivity contribution is 5.94. The van der Waals surface area contributed by atoms with E-state index in [1.807, 2.05) is 13.0 Å². The lowest BCUT2D eigenvalue weighted by Gasteiger charge is -2.36. The van der Waals surface area contributed by atoms with Crippen molar-refractivity contribution in [2.45, 2.75) is 71.8 Å². The highest BCUT2D eigenvalue weighted by Crippen LogP contribution is 2.33. The zero-order valence-corrected chi connectivity index (χ0v) is 20.0. The second-order valence-electron chi connectivity index (χ2n) is 10.2. The van der Waals surface area contributed by atoms with Crippen LogP contribution in [0.25, 0.3) is 0 Å². The quantitative estimate of drug-likeness (QED) is 0.516. The van der Waals surface area contributed by atoms with Crippen LogP contribution in [-0.2, 0) is 19.2 Å². The maximum Gasteiger partial charge on any atom is 0.471 e. The SMILES string of the molecule is C[C@@H]1[C@@H](C(=O)N[C@H](C#N)C[C@@H]2CCNC2=O)N(C(=O)C(NC(=O)C(F)(F)F)C(C)(C)C)C[C@@H]1C. The Labute approximate surface area is 196 Å². The zero-order chi connectivity index (χ0) is 26.0. The third-order valence-electron chi connectivity index (χ3n) is 6.57. The molecule has 0 spiro atoms. The molecule has 12 heteroatoms. The minimum atomic E-state index is -5.17. The molecule has 6 atom stereocenters. The smallest absolute Gasteiger partial charge is 0.356 e. The Morgan fingerprint density at radius 3 is 2.29 bits per heavy atom. The number of nitrogens with one attached hydrogen (secondary N) is 3. The third kappa shape index (κ3) is 6.18. The van der Waals surface area contributed by atoms with Gasteiger partial charge in [0.25, 0.3) is 0 Å². The predicted molar refractivity (Wildman–Crippen MR) is 115 cm³/mol. The van der Waals surface area contributed by atoms with Crippen molar-refractivity contribution in [1.82, 2.24) is 20.9 Å². The summed E-state index contributed by atoms with van der Waals surface area (Å²) in [6.45, 7) is 8.70. The summed E-state index contributed by atoms with van der Waals surface area (Å²) in [4.78, 5) is 51.2. The molecule has 0 radical (unpaired) electrons. The van der Waals surface area contributed by atoms with E-state index in [0.29, 0.717) is 13.0 Å². The van der Waals surface area contributed by atoms with Gasteiger partial charge in [-0.3, -0.25) is 19.2 Å². The number of halogens is 3. The molecule has 2 aliphatic rings. The van der Waals surface area contributed by atoms with Crippen LogP contribution in [0, 0.1) is 34.5 Å². The monoisotopic (exact) mass is 487 g/mol. The van der Waals surface area contributed by atoms with Gasteiger partial charge in [-0.05, 0) is 30.1 Å². The molecule has 9 nitrogen and oxygen atoms in total. The number of likely N-dealkylation sites (tertiary alicyclic amines) is 1. The summed E-state index contributed by atoms with van der Waals surface area (Å²) < 4.78 is 38.7. The van der Waals surface area contributed by atoms with E-state index in [0.717, 1.165) is 0 Å². The molecule has 2 heterocycles. The molecule has 34 heavy (non-hydrogen) atoms. The van der Waals surface area contributed by atoms with Crippen LogP contribution >= 0.6 is 0 Å². The van der Waals surface area contributed by atoms with E-state index in [1.54, 1.807) is 12.2 Å². The Balaban J connectivity index is 2.24. The first-order valence-corrected chi connectivity index (χ1v) is 11.2. The van der Waals surface area contributed by atoms with Crippen molar-refractivity contribution < 1.29 is 32.3 Å². The van der Waals surface area contributed by atoms with E-state index in [2.05, 4.69) is 10.6 Å². The highest BCUT2D eigenvalue weighted by atomic mass is 19.4. The zero-order valence-electron chi connectivity index (χ0n) is 20.0. The van der Waals surface area contributed by atoms with Gasteiger partial charge in [-0.2, -0.15) is 18.4 Å². The largest absolute Gasteiger partial charge is 0.471 e. The maximum absolute atomic E-state index is 13.4. The van der Waals surface area contributed by atoms with Crippen molar-refractivity contribution in [3.05, 3.63) is 0 Å². The molecule has 2 aliphatic heterocycles. The fourth-order valence-corrected chi connectivity index (χ4v) is 4.38. The number of nitriles is 1. The van der Waals surface area contributed by atoms with Gasteiger partial charge in [0, 0.05) is 19.0 Å². The molecule has 190 valence electrons. The minimum absolute atomic E-state index is 0.106. The van der Waals surface area contributed by atoms with Gasteiger partial charge in [0.1, 0.15) is 18.1 Å². The number of amides is 4. The predicted octanol–water partition coefficient (Wildman–Crippen LogP) is 1.10. The van der Waals surface area contributed by atoms with E-state index < -0.39 is 53.4 Å². The molecule has 0 bridgehead atoms. The van der Waals surface area contributed by atoms with Crippen molar-refractivity contribution in [1.29, 1.82) is 5.26 Å². The molecule has 2 saturated heterocycles. The molecule has 1 unspecified atom stereocenters. The molecule has 0 aromatic rings. The van der Waals surface area contributed by atoms with Gasteiger partial charge in [0.15, 0.2) is 0 Å². The van der Waals surface area contributed by atoms with Crippen LogP contribution < -0.4 is 16.0 Å². The first kappa shape index (κ1) is 27.4. The summed E-state index contributed by atoms with van der Waals surface area (Å²) in [7, 11) is 0. The number of carbonyl (C=O) groups excluding carboxylic acids is 4. The normalized spacial score (nSPS) is 26.9. The number of carbonyl (C=O) groups is 4. The van der Waals surface area contributed by atoms with Crippen LogP contribution in [0.1, 0.15) is 47.5 Å². The van der Waals surface area contributed by atoms with E-state index in [9.17, 15) is 37.6 Å². The molecule has 4 amide bonds. The summed E-state index contributed by atoms with van der Waals surface area (Å²) in [6, 6.07) is -1.56. The standard InChI is InChI=1S/C22H32F3N5O4/c1-11-10-30(19(33)16(21(3,4)5)29-20(34)22(23,24)25)15(12(11)2)18(32)28-14(9-26)8-13-6-7-27-17(13)31/h11-16H,6-8,10H2,1-5H3,(H,27,31)(H,28,32)(H,29,34)/t11-,12-,13-,14-,15-,16?/m0/s1. The summed E-state index contributed by atoms with van der Waals surface area (Å²) in [6.07, 6.45) is -4.51. The van der Waals surface area contributed by atoms with Crippen molar-refractivity contribution in [2.24, 2.45) is 23.2 Å². The van der Waals surface area contributed by atoms with Crippen molar-refractivity contribution in [3.8, 4) is 6.07 Å². The van der Waals surface area contributed by atoms with Crippen molar-refractivity contribution in [3.63, 3.8) is 0 Å². The van der Waals surface area contributed by atoms with Crippen LogP contribution in [0.2, 0.25) is 0 Å². The Kier molecular flexibility index (Phi) is 8.22. The van der Waals surface area contributed by atoms with E-state index >= 15 is 0 Å². The molecule has 2 rings (SSSR count). The molecule has 0 aliphatic carbocycles. The summed E-state index contributed by atoms with van der Waals surface area (Å²) in [5.41, 5.74) is -1.07. The Hall–Kier alpha value is -2.84. The maximum atomic E-state index is 13.4. The lowest BCUT2D eigenvalue weighted by molar-refractivity contribution is -0.176. The van der Waals surface area contributed by atoms with Gasteiger partial charge >= 0.3 is 12.1 Å². The van der Waals surface area contributed by atoms with Crippen LogP contribution in [0.4, 0.5) is 13.2 Å². The average Bonchev–Trinajstić information content (AvgIpc) is 3.25. The molecule has 3 N–H and O–H groups in total. The Morgan fingerprint density at radius 1 is 1.21 bits per heavy atom. The minimum Gasteiger partial charge on any atom is -0.356 e. The number of rotatable bonds is 6. The second-order valence-corrected chi connectivity index (χ2v) is 10.2. The van der Waals surface area contributed by atoms with Gasteiger partial charge in [-0.15, -0.1) is 0 Å². The first-order chi connectivity index (χ1) is 15.6. The van der Waals surface area contributed by atoms with Gasteiger partial charge in [0.05, 0.1) is 6.07 Å². The number of alkyl halides is 3. The fraction of sp³-hybridized carbons (Fsp3) is 0.773. The van der Waals surface area contributed by atoms with Crippen molar-refractivity contribution >= 4 is 23.6 Å². The highest BCUT2D eigenvalue weighted by Gasteiger charge is 2.49. The first-order valence-electron chi connectivity index (χ1n) is 11.2. The Morgan fingerprint density at radius 2 is 1.82 bits per heavy atom. The summed E-state index contributed by atoms with van der Waals surface area (Å²) in [5.74, 6) is -4.76. The lowest BCUT2D eigenvalue weighted by atomic mass is 9.85. The average molecular weight is 488 g/mol. The second kappa shape index (κ2) is 10.2. The molecule has 2 fully saturated rings. The van der Waals surface area contributed by atoms with Crippen LogP contribution in [-0.4, -0.2) is 65.9 Å². The molecular weight excluding hydrogens is 455 g/mol. The topological polar surface area (TPSA) is 131 Å². The van der Waals surface area contributed by atoms with E-state index in [1.165, 1.54) is 25.7 Å². The molecule has 0 saturated carbocycles. The number of nitrogens with zero attached hydrogens (tertiary/aromatic N) is 2. The summed E-state index contributed by atoms with van der Waals surface area (Å²) in [5, 5.41) is 16.5. The molecule has 0 aromatic carbocycles. The number of hydrogen-bond acceptors (Lipinski definition) is 5. The van der Waals surface area contributed by atoms with Crippen LogP contribution in [0.15, 0.2) is 0 Å². The van der Waals surface area contributed by atoms with Crippen molar-refractivity contribution in [2.75, 3.05) is 13.1 Å². The summed E-state index contributed by atoms with van der Waals surface area (Å²) >= 11 is 0. The van der Waals surface area contributed by atoms with Crippen LogP contribution in [0.5, 0.6) is 0 Å². The lowest BCUT2D eigenvalue weighted by Crippen LogP contribution is -2.60. The van der Waals surface area contributed by atoms with Gasteiger partial charge < -0.3 is 20.9 Å². The van der Waals surface area contributed by atoms with Gasteiger partial charge in [-0.25, -0.2) is 0 Å². The molecular formula is C22H32F3N5O4. The fourth-order valence-electron chi connectivity index (χ4n) is 4.38. The van der Waals surface area contributed by atoms with E-state index in [4.69, 9.17) is 0 Å². The molecule has 0 aromatic heterocycles. The van der Waals surface area contributed by atoms with Crippen LogP contribution in [0.3, 0.4) is 0 Å². The Bertz CT molecular complexity index is 864. The van der Waals surface area contributed by atoms with Gasteiger partial charge in [-0.1, -0.05) is 34.6 Å². The van der Waals surface area contributed by atoms with Gasteiger partial charge in [0.2, 0.25) is 17.7 Å². The number of hydrogen-bond donors (Lipinski definition) is 3. The van der Waals surface area contributed by atoms with E-state index in [-0.39, 0.29) is 30.7 Å².